The van der Waals surface area contributed by atoms with E-state index in [0.717, 1.165) is 0 Å². The number of hydrogen-bond acceptors (Lipinski definition) is 5. The van der Waals surface area contributed by atoms with E-state index in [1.165, 1.54) is 15.9 Å². The van der Waals surface area contributed by atoms with Crippen LogP contribution in [0.2, 0.25) is 10.0 Å². The molecule has 208 valence electrons. The van der Waals surface area contributed by atoms with Crippen LogP contribution >= 0.6 is 23.2 Å². The monoisotopic (exact) mass is 579 g/mol. The number of piperidine rings is 1. The number of phenols is 1. The van der Waals surface area contributed by atoms with Crippen molar-refractivity contribution >= 4 is 46.2 Å². The van der Waals surface area contributed by atoms with Crippen molar-refractivity contribution in [1.82, 2.24) is 14.5 Å². The summed E-state index contributed by atoms with van der Waals surface area (Å²) in [5, 5.41) is 11.1. The molecule has 1 aromatic rings. The van der Waals surface area contributed by atoms with E-state index in [2.05, 4.69) is 4.72 Å². The summed E-state index contributed by atoms with van der Waals surface area (Å²) >= 11 is 12.3. The van der Waals surface area contributed by atoms with E-state index in [1.54, 1.807) is 26.8 Å². The van der Waals surface area contributed by atoms with E-state index >= 15 is 4.39 Å². The fraction of sp³-hybridized carbons (Fsp3) is 0.680. The highest BCUT2D eigenvalue weighted by Crippen LogP contribution is 2.40. The number of benzene rings is 1. The fourth-order valence-corrected chi connectivity index (χ4v) is 5.61. The molecule has 2 amide bonds. The smallest absolute Gasteiger partial charge is 0.410 e. The van der Waals surface area contributed by atoms with Gasteiger partial charge in [-0.05, 0) is 66.4 Å². The number of likely N-dealkylation sites (tertiary alicyclic amines) is 2. The van der Waals surface area contributed by atoms with Gasteiger partial charge in [0.25, 0.3) is 5.91 Å². The highest BCUT2D eigenvalue weighted by atomic mass is 35.5. The van der Waals surface area contributed by atoms with E-state index in [0.29, 0.717) is 18.4 Å². The van der Waals surface area contributed by atoms with Gasteiger partial charge in [0.05, 0.1) is 44.9 Å². The Hall–Kier alpha value is -1.62. The quantitative estimate of drug-likeness (QED) is 0.512. The summed E-state index contributed by atoms with van der Waals surface area (Å²) in [5.41, 5.74) is -2.38. The number of hydrogen-bond donors (Lipinski definition) is 2. The van der Waals surface area contributed by atoms with E-state index in [4.69, 9.17) is 27.9 Å². The topological polar surface area (TPSA) is 99.2 Å². The Morgan fingerprint density at radius 2 is 1.65 bits per heavy atom. The molecule has 3 rings (SSSR count). The molecule has 2 heterocycles. The van der Waals surface area contributed by atoms with Gasteiger partial charge < -0.3 is 19.6 Å². The zero-order valence-corrected chi connectivity index (χ0v) is 24.4. The van der Waals surface area contributed by atoms with Crippen molar-refractivity contribution in [3.63, 3.8) is 0 Å². The van der Waals surface area contributed by atoms with Crippen LogP contribution in [-0.2, 0) is 20.5 Å². The van der Waals surface area contributed by atoms with Crippen LogP contribution in [0.25, 0.3) is 0 Å². The van der Waals surface area contributed by atoms with Crippen LogP contribution in [0.3, 0.4) is 0 Å². The minimum Gasteiger partial charge on any atom is -0.508 e. The number of nitrogens with one attached hydrogen (secondary N) is 1. The van der Waals surface area contributed by atoms with Crippen LogP contribution in [0, 0.1) is 5.92 Å². The Morgan fingerprint density at radius 1 is 1.11 bits per heavy atom. The second kappa shape index (κ2) is 10.9. The molecule has 2 aliphatic rings. The first kappa shape index (κ1) is 29.9. The molecule has 8 nitrogen and oxygen atoms in total. The van der Waals surface area contributed by atoms with E-state index < -0.39 is 45.0 Å². The maximum Gasteiger partial charge on any atom is 0.410 e. The number of nitrogens with zero attached hydrogens (tertiary/aromatic N) is 2. The molecule has 2 unspecified atom stereocenters. The molecule has 0 aliphatic carbocycles. The predicted molar refractivity (Wildman–Crippen MR) is 143 cm³/mol. The largest absolute Gasteiger partial charge is 0.508 e. The van der Waals surface area contributed by atoms with Crippen LogP contribution < -0.4 is 4.72 Å². The number of carbonyl (C=O) groups excluding carboxylic acids is 2. The normalized spacial score (nSPS) is 20.2. The molecule has 2 aliphatic heterocycles. The van der Waals surface area contributed by atoms with Gasteiger partial charge in [-0.1, -0.05) is 23.2 Å². The molecule has 2 saturated heterocycles. The maximum atomic E-state index is 15.3. The summed E-state index contributed by atoms with van der Waals surface area (Å²) < 4.78 is 36.1. The van der Waals surface area contributed by atoms with E-state index in [1.807, 2.05) is 20.8 Å². The predicted octanol–water partition coefficient (Wildman–Crippen LogP) is 4.99. The molecule has 12 heteroatoms. The SMILES string of the molecule is CC(C)(C)OC(=O)N1CC(F)(C(=O)N2CCC(C(NS(=O)C(C)(C)C)c3cc(Cl)c(Cl)cc3O)CC2)C1. The third kappa shape index (κ3) is 7.07. The number of amides is 2. The van der Waals surface area contributed by atoms with Gasteiger partial charge in [0, 0.05) is 24.7 Å². The summed E-state index contributed by atoms with van der Waals surface area (Å²) in [4.78, 5) is 27.8. The number of ether oxygens (including phenoxy) is 1. The third-order valence-corrected chi connectivity index (χ3v) is 8.71. The van der Waals surface area contributed by atoms with Crippen molar-refractivity contribution in [2.24, 2.45) is 5.92 Å². The Bertz CT molecular complexity index is 1060. The van der Waals surface area contributed by atoms with Crippen molar-refractivity contribution in [1.29, 1.82) is 0 Å². The molecule has 2 N–H and O–H groups in total. The summed E-state index contributed by atoms with van der Waals surface area (Å²) in [7, 11) is -1.46. The van der Waals surface area contributed by atoms with Gasteiger partial charge in [-0.2, -0.15) is 0 Å². The third-order valence-electron chi connectivity index (χ3n) is 6.41. The highest BCUT2D eigenvalue weighted by molar-refractivity contribution is 7.84. The van der Waals surface area contributed by atoms with Crippen LogP contribution in [0.5, 0.6) is 5.75 Å². The lowest BCUT2D eigenvalue weighted by atomic mass is 9.84. The second-order valence-electron chi connectivity index (χ2n) is 11.7. The zero-order chi connectivity index (χ0) is 27.9. The summed E-state index contributed by atoms with van der Waals surface area (Å²) in [5.74, 6) is -0.838. The van der Waals surface area contributed by atoms with Gasteiger partial charge in [-0.3, -0.25) is 4.79 Å². The van der Waals surface area contributed by atoms with Crippen molar-refractivity contribution in [3.05, 3.63) is 27.7 Å². The first-order valence-corrected chi connectivity index (χ1v) is 14.1. The van der Waals surface area contributed by atoms with Gasteiger partial charge in [-0.25, -0.2) is 18.1 Å². The summed E-state index contributed by atoms with van der Waals surface area (Å²) in [6.07, 6.45) is 0.321. The molecular formula is C25H36Cl2FN3O5S. The molecule has 0 spiro atoms. The number of aromatic hydroxyl groups is 1. The maximum absolute atomic E-state index is 15.3. The number of halogens is 3. The standard InChI is InChI=1S/C25H36Cl2FN3O5S/c1-23(2,3)36-22(34)31-13-25(28,14-31)21(33)30-9-7-15(8-10-30)20(29-37(35)24(4,5)6)16-11-17(26)18(27)12-19(16)32/h11-12,15,20,29,32H,7-10,13-14H2,1-6H3. The number of carbonyl (C=O) groups is 2. The van der Waals surface area contributed by atoms with Crippen LogP contribution in [0.1, 0.15) is 66.0 Å². The molecule has 1 aromatic carbocycles. The lowest BCUT2D eigenvalue weighted by Gasteiger charge is -2.46. The number of alkyl halides is 1. The lowest BCUT2D eigenvalue weighted by molar-refractivity contribution is -0.156. The second-order valence-corrected chi connectivity index (χ2v) is 14.5. The van der Waals surface area contributed by atoms with Gasteiger partial charge in [-0.15, -0.1) is 0 Å². The Kier molecular flexibility index (Phi) is 8.79. The van der Waals surface area contributed by atoms with Crippen molar-refractivity contribution in [2.45, 2.75) is 76.4 Å². The fourth-order valence-electron chi connectivity index (χ4n) is 4.38. The molecule has 0 saturated carbocycles. The van der Waals surface area contributed by atoms with Crippen molar-refractivity contribution in [3.8, 4) is 5.75 Å². The van der Waals surface area contributed by atoms with Crippen molar-refractivity contribution < 1.29 is 28.0 Å². The van der Waals surface area contributed by atoms with Gasteiger partial charge in [0.2, 0.25) is 5.67 Å². The summed E-state index contributed by atoms with van der Waals surface area (Å²) in [6, 6.07) is 2.38. The zero-order valence-electron chi connectivity index (χ0n) is 22.1. The minimum absolute atomic E-state index is 0.0734. The van der Waals surface area contributed by atoms with Gasteiger partial charge in [0.15, 0.2) is 0 Å². The van der Waals surface area contributed by atoms with Crippen molar-refractivity contribution in [2.75, 3.05) is 26.2 Å². The van der Waals surface area contributed by atoms with Crippen LogP contribution in [-0.4, -0.2) is 73.3 Å². The Morgan fingerprint density at radius 3 is 2.16 bits per heavy atom. The van der Waals surface area contributed by atoms with Crippen LogP contribution in [0.15, 0.2) is 12.1 Å². The molecular weight excluding hydrogens is 544 g/mol. The average molecular weight is 581 g/mol. The lowest BCUT2D eigenvalue weighted by Crippen LogP contribution is -2.68. The molecule has 0 bridgehead atoms. The number of rotatable bonds is 5. The highest BCUT2D eigenvalue weighted by Gasteiger charge is 2.55. The molecule has 0 aromatic heterocycles. The Balaban J connectivity index is 1.69. The number of phenolic OH excluding ortho intramolecular Hbond substituents is 1. The molecule has 0 radical (unpaired) electrons. The molecule has 37 heavy (non-hydrogen) atoms. The average Bonchev–Trinajstić information content (AvgIpc) is 2.75. The molecule has 2 fully saturated rings. The van der Waals surface area contributed by atoms with Gasteiger partial charge in [0.1, 0.15) is 11.4 Å². The first-order valence-electron chi connectivity index (χ1n) is 12.2. The van der Waals surface area contributed by atoms with Crippen LogP contribution in [0.4, 0.5) is 9.18 Å². The van der Waals surface area contributed by atoms with E-state index in [9.17, 15) is 18.9 Å². The van der Waals surface area contributed by atoms with Gasteiger partial charge >= 0.3 is 6.09 Å². The molecule has 2 atom stereocenters. The summed E-state index contributed by atoms with van der Waals surface area (Å²) in [6.45, 7) is 10.6. The van der Waals surface area contributed by atoms with E-state index in [-0.39, 0.29) is 47.9 Å². The minimum atomic E-state index is -2.14. The Labute approximate surface area is 230 Å². The first-order chi connectivity index (χ1) is 16.9.